The molecule has 0 saturated heterocycles. The molecular weight excluding hydrogens is 204 g/mol. The summed E-state index contributed by atoms with van der Waals surface area (Å²) in [7, 11) is 3.40. The molecule has 5 heteroatoms. The lowest BCUT2D eigenvalue weighted by Crippen LogP contribution is -2.22. The van der Waals surface area contributed by atoms with Crippen LogP contribution in [0.1, 0.15) is 0 Å². The van der Waals surface area contributed by atoms with Crippen molar-refractivity contribution in [2.45, 2.75) is 0 Å². The molecule has 0 bridgehead atoms. The van der Waals surface area contributed by atoms with Crippen LogP contribution in [0, 0.1) is 0 Å². The highest BCUT2D eigenvalue weighted by atomic mass is 16.1. The van der Waals surface area contributed by atoms with Gasteiger partial charge in [-0.1, -0.05) is 0 Å². The van der Waals surface area contributed by atoms with Crippen LogP contribution in [-0.2, 0) is 7.05 Å². The van der Waals surface area contributed by atoms with E-state index in [1.165, 1.54) is 4.68 Å². The first kappa shape index (κ1) is 10.4. The number of anilines is 1. The van der Waals surface area contributed by atoms with Crippen molar-refractivity contribution in [2.24, 2.45) is 7.05 Å². The minimum atomic E-state index is -0.127. The van der Waals surface area contributed by atoms with E-state index in [0.717, 1.165) is 5.56 Å². The Kier molecular flexibility index (Phi) is 2.68. The Labute approximate surface area is 92.8 Å². The van der Waals surface area contributed by atoms with Gasteiger partial charge < -0.3 is 5.32 Å². The molecule has 82 valence electrons. The summed E-state index contributed by atoms with van der Waals surface area (Å²) < 4.78 is 1.32. The van der Waals surface area contributed by atoms with Gasteiger partial charge in [-0.25, -0.2) is 4.68 Å². The van der Waals surface area contributed by atoms with Crippen LogP contribution in [0.2, 0.25) is 0 Å². The summed E-state index contributed by atoms with van der Waals surface area (Å²) in [4.78, 5) is 15.9. The monoisotopic (exact) mass is 216 g/mol. The highest BCUT2D eigenvalue weighted by molar-refractivity contribution is 5.75. The Morgan fingerprint density at radius 3 is 2.62 bits per heavy atom. The number of aryl methyl sites for hydroxylation is 1. The maximum Gasteiger partial charge on any atom is 0.276 e. The molecule has 0 spiro atoms. The van der Waals surface area contributed by atoms with Crippen LogP contribution < -0.4 is 10.9 Å². The van der Waals surface area contributed by atoms with Crippen LogP contribution in [-0.4, -0.2) is 21.8 Å². The predicted molar refractivity (Wildman–Crippen MR) is 62.3 cm³/mol. The molecule has 0 aromatic carbocycles. The first-order valence-electron chi connectivity index (χ1n) is 4.88. The third kappa shape index (κ3) is 1.67. The minimum Gasteiger partial charge on any atom is -0.386 e. The minimum absolute atomic E-state index is 0.127. The molecule has 0 aliphatic carbocycles. The molecule has 2 rings (SSSR count). The zero-order valence-corrected chi connectivity index (χ0v) is 9.14. The molecule has 1 N–H and O–H groups in total. The zero-order chi connectivity index (χ0) is 11.5. The number of hydrogen-bond donors (Lipinski definition) is 1. The Balaban J connectivity index is 2.73. The Morgan fingerprint density at radius 1 is 1.31 bits per heavy atom. The summed E-state index contributed by atoms with van der Waals surface area (Å²) in [5.41, 5.74) is 2.04. The summed E-state index contributed by atoms with van der Waals surface area (Å²) in [6.45, 7) is 0. The molecule has 0 amide bonds. The zero-order valence-electron chi connectivity index (χ0n) is 9.14. The van der Waals surface area contributed by atoms with Crippen LogP contribution >= 0.6 is 0 Å². The van der Waals surface area contributed by atoms with E-state index in [9.17, 15) is 4.79 Å². The fraction of sp³-hybridized carbons (Fsp3) is 0.182. The van der Waals surface area contributed by atoms with Crippen molar-refractivity contribution in [2.75, 3.05) is 12.4 Å². The van der Waals surface area contributed by atoms with Crippen LogP contribution in [0.25, 0.3) is 11.1 Å². The number of hydrogen-bond acceptors (Lipinski definition) is 4. The smallest absolute Gasteiger partial charge is 0.276 e. The molecule has 2 aromatic heterocycles. The standard InChI is InChI=1S/C11H12N4O/c1-12-9-7-14-15(2)11(16)10(9)8-3-5-13-6-4-8/h3-7,12H,1-2H3. The Morgan fingerprint density at radius 2 is 2.00 bits per heavy atom. The highest BCUT2D eigenvalue weighted by Gasteiger charge is 2.10. The van der Waals surface area contributed by atoms with Gasteiger partial charge in [0.2, 0.25) is 0 Å². The quantitative estimate of drug-likeness (QED) is 0.809. The lowest BCUT2D eigenvalue weighted by molar-refractivity contribution is 0.710. The lowest BCUT2D eigenvalue weighted by atomic mass is 10.1. The number of nitrogens with zero attached hydrogens (tertiary/aromatic N) is 3. The molecule has 2 aromatic rings. The van der Waals surface area contributed by atoms with Gasteiger partial charge in [-0.3, -0.25) is 9.78 Å². The summed E-state index contributed by atoms with van der Waals surface area (Å²) in [6, 6.07) is 3.61. The molecule has 0 aliphatic rings. The molecule has 0 atom stereocenters. The van der Waals surface area contributed by atoms with Gasteiger partial charge in [0.05, 0.1) is 17.4 Å². The van der Waals surface area contributed by atoms with Crippen LogP contribution in [0.15, 0.2) is 35.5 Å². The van der Waals surface area contributed by atoms with Crippen molar-refractivity contribution in [3.63, 3.8) is 0 Å². The van der Waals surface area contributed by atoms with Gasteiger partial charge in [-0.05, 0) is 17.7 Å². The van der Waals surface area contributed by atoms with E-state index in [1.54, 1.807) is 44.8 Å². The molecule has 0 radical (unpaired) electrons. The van der Waals surface area contributed by atoms with E-state index >= 15 is 0 Å². The van der Waals surface area contributed by atoms with Crippen molar-refractivity contribution >= 4 is 5.69 Å². The maximum absolute atomic E-state index is 12.0. The molecule has 0 fully saturated rings. The van der Waals surface area contributed by atoms with E-state index in [0.29, 0.717) is 11.3 Å². The van der Waals surface area contributed by atoms with Gasteiger partial charge in [0.1, 0.15) is 0 Å². The Bertz CT molecular complexity index is 548. The fourth-order valence-electron chi connectivity index (χ4n) is 1.53. The summed E-state index contributed by atoms with van der Waals surface area (Å²) in [5.74, 6) is 0. The maximum atomic E-state index is 12.0. The van der Waals surface area contributed by atoms with Gasteiger partial charge in [0.25, 0.3) is 5.56 Å². The second-order valence-electron chi connectivity index (χ2n) is 3.35. The first-order valence-corrected chi connectivity index (χ1v) is 4.88. The fourth-order valence-corrected chi connectivity index (χ4v) is 1.53. The molecule has 0 saturated carbocycles. The van der Waals surface area contributed by atoms with Gasteiger partial charge in [-0.15, -0.1) is 0 Å². The third-order valence-corrected chi connectivity index (χ3v) is 2.38. The number of pyridine rings is 1. The van der Waals surface area contributed by atoms with Crippen molar-refractivity contribution < 1.29 is 0 Å². The topological polar surface area (TPSA) is 59.8 Å². The second kappa shape index (κ2) is 4.14. The van der Waals surface area contributed by atoms with Crippen LogP contribution in [0.4, 0.5) is 5.69 Å². The third-order valence-electron chi connectivity index (χ3n) is 2.38. The average molecular weight is 216 g/mol. The summed E-state index contributed by atoms with van der Waals surface area (Å²) in [5, 5.41) is 6.93. The number of aromatic nitrogens is 3. The van der Waals surface area contributed by atoms with Crippen LogP contribution in [0.3, 0.4) is 0 Å². The molecule has 5 nitrogen and oxygen atoms in total. The molecule has 0 unspecified atom stereocenters. The summed E-state index contributed by atoms with van der Waals surface area (Å²) in [6.07, 6.45) is 4.96. The normalized spacial score (nSPS) is 10.1. The van der Waals surface area contributed by atoms with Crippen LogP contribution in [0.5, 0.6) is 0 Å². The molecular formula is C11H12N4O. The van der Waals surface area contributed by atoms with Crippen molar-refractivity contribution in [3.05, 3.63) is 41.1 Å². The van der Waals surface area contributed by atoms with Gasteiger partial charge in [-0.2, -0.15) is 5.10 Å². The van der Waals surface area contributed by atoms with E-state index < -0.39 is 0 Å². The van der Waals surface area contributed by atoms with E-state index in [4.69, 9.17) is 0 Å². The summed E-state index contributed by atoms with van der Waals surface area (Å²) >= 11 is 0. The van der Waals surface area contributed by atoms with Crippen molar-refractivity contribution in [3.8, 4) is 11.1 Å². The molecule has 16 heavy (non-hydrogen) atoms. The van der Waals surface area contributed by atoms with Gasteiger partial charge in [0.15, 0.2) is 0 Å². The predicted octanol–water partition coefficient (Wildman–Crippen LogP) is 0.884. The largest absolute Gasteiger partial charge is 0.386 e. The molecule has 2 heterocycles. The van der Waals surface area contributed by atoms with Crippen molar-refractivity contribution in [1.82, 2.24) is 14.8 Å². The van der Waals surface area contributed by atoms with Gasteiger partial charge >= 0.3 is 0 Å². The average Bonchev–Trinajstić information content (AvgIpc) is 2.33. The molecule has 0 aliphatic heterocycles. The number of rotatable bonds is 2. The SMILES string of the molecule is CNc1cnn(C)c(=O)c1-c1ccncc1. The first-order chi connectivity index (χ1) is 7.74. The van der Waals surface area contributed by atoms with E-state index in [1.807, 2.05) is 0 Å². The Hall–Kier alpha value is -2.17. The van der Waals surface area contributed by atoms with Gasteiger partial charge in [0, 0.05) is 26.5 Å². The van der Waals surface area contributed by atoms with E-state index in [2.05, 4.69) is 15.4 Å². The lowest BCUT2D eigenvalue weighted by Gasteiger charge is -2.08. The van der Waals surface area contributed by atoms with Crippen molar-refractivity contribution in [1.29, 1.82) is 0 Å². The highest BCUT2D eigenvalue weighted by Crippen LogP contribution is 2.21. The second-order valence-corrected chi connectivity index (χ2v) is 3.35. The van der Waals surface area contributed by atoms with E-state index in [-0.39, 0.29) is 5.56 Å². The number of nitrogens with one attached hydrogen (secondary N) is 1.